The maximum absolute atomic E-state index is 12.3. The van der Waals surface area contributed by atoms with Gasteiger partial charge in [0.25, 0.3) is 5.89 Å². The van der Waals surface area contributed by atoms with Crippen LogP contribution in [0.4, 0.5) is 10.5 Å². The fraction of sp³-hybridized carbons (Fsp3) is 0.474. The first kappa shape index (κ1) is 22.6. The van der Waals surface area contributed by atoms with Crippen molar-refractivity contribution < 1.29 is 23.8 Å². The van der Waals surface area contributed by atoms with E-state index in [1.54, 1.807) is 0 Å². The highest BCUT2D eigenvalue weighted by molar-refractivity contribution is 6.34. The number of amides is 2. The van der Waals surface area contributed by atoms with Crippen molar-refractivity contribution >= 4 is 29.3 Å². The Morgan fingerprint density at radius 3 is 2.65 bits per heavy atom. The maximum Gasteiger partial charge on any atom is 0.437 e. The summed E-state index contributed by atoms with van der Waals surface area (Å²) in [5.41, 5.74) is 0.467. The van der Waals surface area contributed by atoms with Crippen molar-refractivity contribution in [2.75, 3.05) is 32.1 Å². The third kappa shape index (κ3) is 5.76. The van der Waals surface area contributed by atoms with Gasteiger partial charge >= 0.3 is 11.8 Å². The van der Waals surface area contributed by atoms with Crippen LogP contribution >= 0.6 is 11.6 Å². The minimum Gasteiger partial charge on any atom is -0.496 e. The molecule has 0 radical (unpaired) electrons. The number of nitrogens with one attached hydrogen (secondary N) is 2. The van der Waals surface area contributed by atoms with Crippen LogP contribution in [0.3, 0.4) is 0 Å². The fourth-order valence-corrected chi connectivity index (χ4v) is 3.69. The van der Waals surface area contributed by atoms with Gasteiger partial charge in [-0.3, -0.25) is 10.1 Å². The summed E-state index contributed by atoms with van der Waals surface area (Å²) in [4.78, 5) is 36.5. The van der Waals surface area contributed by atoms with Crippen molar-refractivity contribution in [1.82, 2.24) is 20.0 Å². The third-order valence-corrected chi connectivity index (χ3v) is 5.30. The second kappa shape index (κ2) is 9.84. The lowest BCUT2D eigenvalue weighted by molar-refractivity contribution is -0.119. The molecule has 2 amide bonds. The minimum absolute atomic E-state index is 0.0231. The van der Waals surface area contributed by atoms with Gasteiger partial charge in [-0.1, -0.05) is 11.6 Å². The molecule has 0 aliphatic carbocycles. The molecule has 0 spiro atoms. The standard InChI is InChI=1S/C19H24ClN5O6/c1-11(26)21-12-3-5-24(6-4-12)7-8-25-19(29)31-17(23-25)13-9-14(20)15(22-18(27)28)10-16(13)30-2/h9-10,12,22H,3-8H2,1-2H3,(H,21,26)(H,27,28). The van der Waals surface area contributed by atoms with E-state index in [1.807, 2.05) is 0 Å². The van der Waals surface area contributed by atoms with Crippen LogP contribution in [-0.2, 0) is 11.3 Å². The van der Waals surface area contributed by atoms with Crippen LogP contribution in [0, 0.1) is 0 Å². The first-order valence-corrected chi connectivity index (χ1v) is 10.1. The van der Waals surface area contributed by atoms with Crippen LogP contribution in [0.15, 0.2) is 21.3 Å². The number of halogens is 1. The van der Waals surface area contributed by atoms with Crippen molar-refractivity contribution in [3.63, 3.8) is 0 Å². The Labute approximate surface area is 182 Å². The highest BCUT2D eigenvalue weighted by atomic mass is 35.5. The lowest BCUT2D eigenvalue weighted by atomic mass is 10.1. The van der Waals surface area contributed by atoms with Gasteiger partial charge in [-0.05, 0) is 18.9 Å². The van der Waals surface area contributed by atoms with E-state index in [2.05, 4.69) is 20.6 Å². The molecule has 12 heteroatoms. The summed E-state index contributed by atoms with van der Waals surface area (Å²) < 4.78 is 11.8. The maximum atomic E-state index is 12.3. The summed E-state index contributed by atoms with van der Waals surface area (Å²) in [7, 11) is 1.40. The van der Waals surface area contributed by atoms with E-state index in [0.717, 1.165) is 25.9 Å². The Kier molecular flexibility index (Phi) is 7.18. The van der Waals surface area contributed by atoms with Crippen molar-refractivity contribution in [2.45, 2.75) is 32.4 Å². The van der Waals surface area contributed by atoms with Crippen LogP contribution in [0.2, 0.25) is 5.02 Å². The number of aromatic nitrogens is 2. The molecule has 0 unspecified atom stereocenters. The largest absolute Gasteiger partial charge is 0.496 e. The number of hydrogen-bond donors (Lipinski definition) is 3. The molecule has 1 fully saturated rings. The minimum atomic E-state index is -1.27. The molecule has 1 aliphatic heterocycles. The van der Waals surface area contributed by atoms with E-state index in [4.69, 9.17) is 25.9 Å². The number of carbonyl (C=O) groups is 2. The van der Waals surface area contributed by atoms with Gasteiger partial charge in [-0.2, -0.15) is 4.68 Å². The zero-order valence-electron chi connectivity index (χ0n) is 17.2. The Hall–Kier alpha value is -3.05. The number of piperidine rings is 1. The molecular weight excluding hydrogens is 430 g/mol. The molecule has 11 nitrogen and oxygen atoms in total. The molecule has 1 saturated heterocycles. The number of anilines is 1. The number of methoxy groups -OCH3 is 1. The molecule has 1 aromatic heterocycles. The van der Waals surface area contributed by atoms with Crippen LogP contribution in [0.25, 0.3) is 11.5 Å². The van der Waals surface area contributed by atoms with Gasteiger partial charge in [0.05, 0.1) is 29.9 Å². The molecule has 2 heterocycles. The lowest BCUT2D eigenvalue weighted by Crippen LogP contribution is -2.45. The Morgan fingerprint density at radius 2 is 2.03 bits per heavy atom. The summed E-state index contributed by atoms with van der Waals surface area (Å²) in [6, 6.07) is 3.00. The number of likely N-dealkylation sites (tertiary alicyclic amines) is 1. The first-order chi connectivity index (χ1) is 14.8. The van der Waals surface area contributed by atoms with E-state index in [-0.39, 0.29) is 34.3 Å². The summed E-state index contributed by atoms with van der Waals surface area (Å²) in [6.45, 7) is 4.08. The highest BCUT2D eigenvalue weighted by Gasteiger charge is 2.21. The number of nitrogens with zero attached hydrogens (tertiary/aromatic N) is 3. The van der Waals surface area contributed by atoms with Gasteiger partial charge in [0.15, 0.2) is 0 Å². The smallest absolute Gasteiger partial charge is 0.437 e. The number of benzene rings is 1. The van der Waals surface area contributed by atoms with E-state index >= 15 is 0 Å². The summed E-state index contributed by atoms with van der Waals surface area (Å²) in [5.74, 6) is -0.368. The molecule has 3 N–H and O–H groups in total. The van der Waals surface area contributed by atoms with E-state index in [1.165, 1.54) is 30.8 Å². The van der Waals surface area contributed by atoms with Crippen LogP contribution in [0.1, 0.15) is 19.8 Å². The topological polar surface area (TPSA) is 139 Å². The number of rotatable bonds is 7. The van der Waals surface area contributed by atoms with Crippen molar-refractivity contribution in [2.24, 2.45) is 0 Å². The Morgan fingerprint density at radius 1 is 1.32 bits per heavy atom. The Balaban J connectivity index is 1.69. The lowest BCUT2D eigenvalue weighted by Gasteiger charge is -2.31. The number of carboxylic acid groups (broad SMARTS) is 1. The SMILES string of the molecule is COc1cc(NC(=O)O)c(Cl)cc1-c1nn(CCN2CCC(NC(C)=O)CC2)c(=O)o1. The molecule has 2 aromatic rings. The zero-order chi connectivity index (χ0) is 22.5. The van der Waals surface area contributed by atoms with Crippen LogP contribution < -0.4 is 21.1 Å². The van der Waals surface area contributed by atoms with Gasteiger partial charge in [-0.15, -0.1) is 5.10 Å². The van der Waals surface area contributed by atoms with Gasteiger partial charge < -0.3 is 24.5 Å². The zero-order valence-corrected chi connectivity index (χ0v) is 17.9. The van der Waals surface area contributed by atoms with Gasteiger partial charge in [-0.25, -0.2) is 9.59 Å². The Bertz CT molecular complexity index is 1010. The van der Waals surface area contributed by atoms with Crippen molar-refractivity contribution in [3.8, 4) is 17.2 Å². The molecular formula is C19H24ClN5O6. The quantitative estimate of drug-likeness (QED) is 0.577. The highest BCUT2D eigenvalue weighted by Crippen LogP contribution is 2.36. The van der Waals surface area contributed by atoms with Crippen molar-refractivity contribution in [1.29, 1.82) is 0 Å². The predicted octanol–water partition coefficient (Wildman–Crippen LogP) is 1.86. The molecule has 0 bridgehead atoms. The van der Waals surface area contributed by atoms with Crippen molar-refractivity contribution in [3.05, 3.63) is 27.7 Å². The average Bonchev–Trinajstić information content (AvgIpc) is 3.08. The summed E-state index contributed by atoms with van der Waals surface area (Å²) in [5, 5.41) is 18.3. The predicted molar refractivity (Wildman–Crippen MR) is 113 cm³/mol. The number of hydrogen-bond acceptors (Lipinski definition) is 7. The summed E-state index contributed by atoms with van der Waals surface area (Å²) >= 11 is 6.14. The number of ether oxygens (including phenoxy) is 1. The molecule has 1 aromatic carbocycles. The molecule has 1 aliphatic rings. The van der Waals surface area contributed by atoms with E-state index < -0.39 is 11.8 Å². The average molecular weight is 454 g/mol. The normalized spacial score (nSPS) is 14.9. The van der Waals surface area contributed by atoms with E-state index in [0.29, 0.717) is 18.7 Å². The number of carbonyl (C=O) groups excluding carboxylic acids is 1. The molecule has 0 atom stereocenters. The molecule has 0 saturated carbocycles. The molecule has 168 valence electrons. The van der Waals surface area contributed by atoms with Crippen LogP contribution in [0.5, 0.6) is 5.75 Å². The monoisotopic (exact) mass is 453 g/mol. The first-order valence-electron chi connectivity index (χ1n) is 9.72. The molecule has 3 rings (SSSR count). The molecule has 31 heavy (non-hydrogen) atoms. The third-order valence-electron chi connectivity index (χ3n) is 4.99. The van der Waals surface area contributed by atoms with Crippen LogP contribution in [-0.4, -0.2) is 64.6 Å². The summed E-state index contributed by atoms with van der Waals surface area (Å²) in [6.07, 6.45) is 0.435. The second-order valence-electron chi connectivity index (χ2n) is 7.18. The van der Waals surface area contributed by atoms with Gasteiger partial charge in [0, 0.05) is 38.7 Å². The van der Waals surface area contributed by atoms with E-state index in [9.17, 15) is 14.4 Å². The fourth-order valence-electron chi connectivity index (χ4n) is 3.48. The second-order valence-corrected chi connectivity index (χ2v) is 7.58. The van der Waals surface area contributed by atoms with Gasteiger partial charge in [0.1, 0.15) is 5.75 Å². The van der Waals surface area contributed by atoms with Gasteiger partial charge in [0.2, 0.25) is 5.91 Å².